The molecule has 1 aromatic carbocycles. The van der Waals surface area contributed by atoms with Gasteiger partial charge in [0.1, 0.15) is 0 Å². The fourth-order valence-electron chi connectivity index (χ4n) is 3.12. The van der Waals surface area contributed by atoms with Crippen molar-refractivity contribution >= 4 is 11.4 Å². The van der Waals surface area contributed by atoms with E-state index >= 15 is 0 Å². The highest BCUT2D eigenvalue weighted by atomic mass is 16.5. The minimum atomic E-state index is 0.186. The third kappa shape index (κ3) is 4.61. The lowest BCUT2D eigenvalue weighted by Gasteiger charge is -2.33. The summed E-state index contributed by atoms with van der Waals surface area (Å²) in [4.78, 5) is 2.17. The van der Waals surface area contributed by atoms with Crippen LogP contribution < -0.4 is 10.2 Å². The summed E-state index contributed by atoms with van der Waals surface area (Å²) < 4.78 is 5.78. The lowest BCUT2D eigenvalue weighted by Crippen LogP contribution is -2.36. The number of hydrogen-bond acceptors (Lipinski definition) is 4. The van der Waals surface area contributed by atoms with Gasteiger partial charge in [-0.1, -0.05) is 0 Å². The van der Waals surface area contributed by atoms with Crippen molar-refractivity contribution in [3.8, 4) is 0 Å². The molecule has 2 N–H and O–H groups in total. The molecule has 0 spiro atoms. The van der Waals surface area contributed by atoms with E-state index in [1.54, 1.807) is 0 Å². The van der Waals surface area contributed by atoms with Gasteiger partial charge in [0, 0.05) is 30.5 Å². The predicted octanol–water partition coefficient (Wildman–Crippen LogP) is 2.87. The first-order valence-electron chi connectivity index (χ1n) is 8.00. The van der Waals surface area contributed by atoms with Gasteiger partial charge in [-0.2, -0.15) is 0 Å². The number of aliphatic hydroxyl groups excluding tert-OH is 1. The monoisotopic (exact) mass is 292 g/mol. The predicted molar refractivity (Wildman–Crippen MR) is 88.1 cm³/mol. The van der Waals surface area contributed by atoms with Crippen LogP contribution in [-0.4, -0.2) is 43.1 Å². The first-order valence-corrected chi connectivity index (χ1v) is 8.00. The molecule has 21 heavy (non-hydrogen) atoms. The minimum Gasteiger partial charge on any atom is -0.395 e. The summed E-state index contributed by atoms with van der Waals surface area (Å²) in [5, 5.41) is 12.7. The molecule has 0 amide bonds. The first kappa shape index (κ1) is 16.1. The smallest absolute Gasteiger partial charge is 0.0606 e. The van der Waals surface area contributed by atoms with E-state index in [0.29, 0.717) is 24.8 Å². The van der Waals surface area contributed by atoms with Gasteiger partial charge in [0.05, 0.1) is 18.8 Å². The normalized spacial score (nSPS) is 25.6. The Kier molecular flexibility index (Phi) is 5.88. The SMILES string of the molecule is CCN(CCO)c1ccc(NC2CC(C)OC(C)C2)cc1. The maximum absolute atomic E-state index is 9.08. The maximum Gasteiger partial charge on any atom is 0.0606 e. The second kappa shape index (κ2) is 7.66. The van der Waals surface area contributed by atoms with E-state index < -0.39 is 0 Å². The second-order valence-corrected chi connectivity index (χ2v) is 5.92. The fraction of sp³-hybridized carbons (Fsp3) is 0.647. The summed E-state index contributed by atoms with van der Waals surface area (Å²) in [7, 11) is 0. The zero-order valence-electron chi connectivity index (χ0n) is 13.4. The topological polar surface area (TPSA) is 44.7 Å². The molecule has 1 heterocycles. The summed E-state index contributed by atoms with van der Waals surface area (Å²) in [6.07, 6.45) is 2.76. The van der Waals surface area contributed by atoms with Crippen molar-refractivity contribution in [1.82, 2.24) is 0 Å². The number of likely N-dealkylation sites (N-methyl/N-ethyl adjacent to an activating group) is 1. The molecule has 0 radical (unpaired) electrons. The van der Waals surface area contributed by atoms with Gasteiger partial charge in [-0.05, 0) is 57.9 Å². The number of nitrogens with one attached hydrogen (secondary N) is 1. The molecule has 0 bridgehead atoms. The van der Waals surface area contributed by atoms with Crippen LogP contribution in [0.5, 0.6) is 0 Å². The average Bonchev–Trinajstić information content (AvgIpc) is 2.45. The van der Waals surface area contributed by atoms with E-state index in [2.05, 4.69) is 55.3 Å². The summed E-state index contributed by atoms with van der Waals surface area (Å²) >= 11 is 0. The molecule has 1 aromatic rings. The van der Waals surface area contributed by atoms with E-state index in [0.717, 1.165) is 30.8 Å². The Balaban J connectivity index is 1.95. The molecular weight excluding hydrogens is 264 g/mol. The van der Waals surface area contributed by atoms with Crippen LogP contribution in [-0.2, 0) is 4.74 Å². The molecule has 4 nitrogen and oxygen atoms in total. The molecule has 0 saturated carbocycles. The van der Waals surface area contributed by atoms with Crippen molar-refractivity contribution in [1.29, 1.82) is 0 Å². The fourth-order valence-corrected chi connectivity index (χ4v) is 3.12. The van der Waals surface area contributed by atoms with Crippen molar-refractivity contribution in [2.75, 3.05) is 29.9 Å². The number of anilines is 2. The summed E-state index contributed by atoms with van der Waals surface area (Å²) in [5.74, 6) is 0. The van der Waals surface area contributed by atoms with Crippen molar-refractivity contribution < 1.29 is 9.84 Å². The lowest BCUT2D eigenvalue weighted by molar-refractivity contribution is -0.0337. The largest absolute Gasteiger partial charge is 0.395 e. The summed E-state index contributed by atoms with van der Waals surface area (Å²) in [6.45, 7) is 8.15. The molecule has 1 aliphatic rings. The highest BCUT2D eigenvalue weighted by Crippen LogP contribution is 2.24. The third-order valence-electron chi connectivity index (χ3n) is 4.05. The molecule has 2 atom stereocenters. The molecule has 1 aliphatic heterocycles. The van der Waals surface area contributed by atoms with Gasteiger partial charge in [-0.25, -0.2) is 0 Å². The average molecular weight is 292 g/mol. The Bertz CT molecular complexity index is 411. The van der Waals surface area contributed by atoms with Crippen molar-refractivity contribution in [3.63, 3.8) is 0 Å². The van der Waals surface area contributed by atoms with Gasteiger partial charge in [0.15, 0.2) is 0 Å². The molecular formula is C17H28N2O2. The first-order chi connectivity index (χ1) is 10.1. The van der Waals surface area contributed by atoms with Gasteiger partial charge in [-0.3, -0.25) is 0 Å². The van der Waals surface area contributed by atoms with E-state index in [1.165, 1.54) is 0 Å². The zero-order valence-corrected chi connectivity index (χ0v) is 13.4. The molecule has 118 valence electrons. The van der Waals surface area contributed by atoms with Crippen molar-refractivity contribution in [2.45, 2.75) is 51.9 Å². The lowest BCUT2D eigenvalue weighted by atomic mass is 9.99. The van der Waals surface area contributed by atoms with Crippen LogP contribution in [0.25, 0.3) is 0 Å². The van der Waals surface area contributed by atoms with Gasteiger partial charge < -0.3 is 20.1 Å². The van der Waals surface area contributed by atoms with Gasteiger partial charge in [0.25, 0.3) is 0 Å². The van der Waals surface area contributed by atoms with Crippen LogP contribution in [0.4, 0.5) is 11.4 Å². The minimum absolute atomic E-state index is 0.186. The third-order valence-corrected chi connectivity index (χ3v) is 4.05. The van der Waals surface area contributed by atoms with E-state index in [4.69, 9.17) is 9.84 Å². The molecule has 4 heteroatoms. The van der Waals surface area contributed by atoms with Crippen LogP contribution in [0.2, 0.25) is 0 Å². The number of hydrogen-bond donors (Lipinski definition) is 2. The van der Waals surface area contributed by atoms with Crippen LogP contribution in [0.1, 0.15) is 33.6 Å². The second-order valence-electron chi connectivity index (χ2n) is 5.92. The zero-order chi connectivity index (χ0) is 15.2. The molecule has 1 fully saturated rings. The summed E-state index contributed by atoms with van der Waals surface area (Å²) in [6, 6.07) is 8.97. The standard InChI is InChI=1S/C17H28N2O2/c1-4-19(9-10-20)17-7-5-15(6-8-17)18-16-11-13(2)21-14(3)12-16/h5-8,13-14,16,18,20H,4,9-12H2,1-3H3. The molecule has 2 unspecified atom stereocenters. The number of aliphatic hydroxyl groups is 1. The van der Waals surface area contributed by atoms with Crippen LogP contribution in [0, 0.1) is 0 Å². The van der Waals surface area contributed by atoms with Gasteiger partial charge in [0.2, 0.25) is 0 Å². The number of ether oxygens (including phenoxy) is 1. The number of nitrogens with zero attached hydrogens (tertiary/aromatic N) is 1. The van der Waals surface area contributed by atoms with E-state index in [9.17, 15) is 0 Å². The molecule has 0 aromatic heterocycles. The Morgan fingerprint density at radius 3 is 2.33 bits per heavy atom. The molecule has 1 saturated heterocycles. The van der Waals surface area contributed by atoms with Crippen LogP contribution in [0.15, 0.2) is 24.3 Å². The van der Waals surface area contributed by atoms with Gasteiger partial charge in [-0.15, -0.1) is 0 Å². The summed E-state index contributed by atoms with van der Waals surface area (Å²) in [5.41, 5.74) is 2.32. The van der Waals surface area contributed by atoms with Crippen molar-refractivity contribution in [2.24, 2.45) is 0 Å². The van der Waals surface area contributed by atoms with Crippen LogP contribution in [0.3, 0.4) is 0 Å². The van der Waals surface area contributed by atoms with Crippen LogP contribution >= 0.6 is 0 Å². The number of benzene rings is 1. The van der Waals surface area contributed by atoms with E-state index in [-0.39, 0.29) is 6.61 Å². The number of rotatable bonds is 6. The Hall–Kier alpha value is -1.26. The van der Waals surface area contributed by atoms with E-state index in [1.807, 2.05) is 0 Å². The highest BCUT2D eigenvalue weighted by molar-refractivity contribution is 5.55. The maximum atomic E-state index is 9.08. The Morgan fingerprint density at radius 1 is 1.19 bits per heavy atom. The van der Waals surface area contributed by atoms with Gasteiger partial charge >= 0.3 is 0 Å². The molecule has 2 rings (SSSR count). The Morgan fingerprint density at radius 2 is 1.81 bits per heavy atom. The van der Waals surface area contributed by atoms with Crippen molar-refractivity contribution in [3.05, 3.63) is 24.3 Å². The quantitative estimate of drug-likeness (QED) is 0.846. The Labute approximate surface area is 128 Å². The highest BCUT2D eigenvalue weighted by Gasteiger charge is 2.24. The molecule has 0 aliphatic carbocycles.